The molecule has 0 aliphatic rings. The topological polar surface area (TPSA) is 9.23 Å². The summed E-state index contributed by atoms with van der Waals surface area (Å²) < 4.78 is 6.12. The van der Waals surface area contributed by atoms with Crippen molar-refractivity contribution in [1.29, 1.82) is 0 Å². The highest BCUT2D eigenvalue weighted by Gasteiger charge is 2.16. The van der Waals surface area contributed by atoms with Crippen LogP contribution in [0.1, 0.15) is 16.0 Å². The van der Waals surface area contributed by atoms with Crippen LogP contribution in [0.5, 0.6) is 5.75 Å². The third-order valence-electron chi connectivity index (χ3n) is 2.72. The van der Waals surface area contributed by atoms with Gasteiger partial charge in [-0.05, 0) is 45.3 Å². The summed E-state index contributed by atoms with van der Waals surface area (Å²) in [7, 11) is 1.64. The normalized spacial score (nSPS) is 12.3. The first kappa shape index (κ1) is 15.2. The minimum absolute atomic E-state index is 0.0269. The highest BCUT2D eigenvalue weighted by atomic mass is 79.9. The van der Waals surface area contributed by atoms with Crippen LogP contribution in [0.3, 0.4) is 0 Å². The first-order valence-electron chi connectivity index (χ1n) is 5.46. The maximum absolute atomic E-state index is 6.24. The molecule has 1 nitrogen and oxygen atoms in total. The number of ether oxygens (including phenoxy) is 1. The van der Waals surface area contributed by atoms with Gasteiger partial charge in [-0.3, -0.25) is 0 Å². The van der Waals surface area contributed by atoms with Gasteiger partial charge in [0.05, 0.1) is 26.5 Å². The fraction of sp³-hybridized carbons (Fsp3) is 0.143. The van der Waals surface area contributed by atoms with Crippen LogP contribution in [0.25, 0.3) is 0 Å². The second kappa shape index (κ2) is 6.49. The maximum Gasteiger partial charge on any atom is 0.133 e. The van der Waals surface area contributed by atoms with E-state index < -0.39 is 0 Å². The Balaban J connectivity index is 2.41. The second-order valence-corrected chi connectivity index (χ2v) is 6.45. The molecule has 0 saturated heterocycles. The number of rotatable bonds is 3. The van der Waals surface area contributed by atoms with E-state index in [0.29, 0.717) is 10.0 Å². The lowest BCUT2D eigenvalue weighted by atomic mass is 10.0. The molecule has 0 aliphatic heterocycles. The third-order valence-corrected chi connectivity index (χ3v) is 5.20. The Morgan fingerprint density at radius 3 is 2.53 bits per heavy atom. The molecule has 2 aromatic rings. The molecule has 0 fully saturated rings. The average Bonchev–Trinajstić information content (AvgIpc) is 2.41. The van der Waals surface area contributed by atoms with Crippen LogP contribution in [0.2, 0.25) is 10.0 Å². The molecular formula is C14H10Br2Cl2O. The fourth-order valence-corrected chi connectivity index (χ4v) is 3.51. The van der Waals surface area contributed by atoms with Gasteiger partial charge in [-0.1, -0.05) is 57.3 Å². The Kier molecular flexibility index (Phi) is 5.18. The molecule has 100 valence electrons. The van der Waals surface area contributed by atoms with Crippen LogP contribution < -0.4 is 4.74 Å². The Morgan fingerprint density at radius 1 is 1.16 bits per heavy atom. The predicted molar refractivity (Wildman–Crippen MR) is 87.9 cm³/mol. The van der Waals surface area contributed by atoms with E-state index in [1.807, 2.05) is 30.3 Å². The van der Waals surface area contributed by atoms with Gasteiger partial charge in [0.2, 0.25) is 0 Å². The molecule has 1 atom stereocenters. The van der Waals surface area contributed by atoms with Gasteiger partial charge in [-0.25, -0.2) is 0 Å². The Hall–Kier alpha value is -0.220. The summed E-state index contributed by atoms with van der Waals surface area (Å²) in [4.78, 5) is -0.0269. The highest BCUT2D eigenvalue weighted by Crippen LogP contribution is 2.40. The minimum atomic E-state index is -0.0269. The van der Waals surface area contributed by atoms with Crippen molar-refractivity contribution in [3.05, 3.63) is 62.0 Å². The molecule has 5 heteroatoms. The fourth-order valence-electron chi connectivity index (χ4n) is 1.74. The van der Waals surface area contributed by atoms with Crippen molar-refractivity contribution in [3.63, 3.8) is 0 Å². The summed E-state index contributed by atoms with van der Waals surface area (Å²) in [6.07, 6.45) is 0. The van der Waals surface area contributed by atoms with Crippen molar-refractivity contribution in [2.24, 2.45) is 0 Å². The summed E-state index contributed by atoms with van der Waals surface area (Å²) in [5, 5.41) is 1.12. The van der Waals surface area contributed by atoms with Gasteiger partial charge in [0, 0.05) is 0 Å². The molecule has 19 heavy (non-hydrogen) atoms. The number of alkyl halides is 1. The molecule has 0 N–H and O–H groups in total. The van der Waals surface area contributed by atoms with Gasteiger partial charge in [-0.15, -0.1) is 0 Å². The van der Waals surface area contributed by atoms with Crippen molar-refractivity contribution in [1.82, 2.24) is 0 Å². The number of hydrogen-bond donors (Lipinski definition) is 0. The zero-order chi connectivity index (χ0) is 14.0. The Bertz CT molecular complexity index is 602. The van der Waals surface area contributed by atoms with Crippen molar-refractivity contribution < 1.29 is 4.74 Å². The van der Waals surface area contributed by atoms with E-state index in [1.54, 1.807) is 13.2 Å². The summed E-state index contributed by atoms with van der Waals surface area (Å²) in [6, 6.07) is 11.5. The van der Waals surface area contributed by atoms with Crippen LogP contribution in [-0.2, 0) is 0 Å². The van der Waals surface area contributed by atoms with Crippen molar-refractivity contribution in [2.75, 3.05) is 7.11 Å². The van der Waals surface area contributed by atoms with Gasteiger partial charge in [0.25, 0.3) is 0 Å². The van der Waals surface area contributed by atoms with E-state index >= 15 is 0 Å². The molecular weight excluding hydrogens is 415 g/mol. The number of halogens is 4. The largest absolute Gasteiger partial charge is 0.496 e. The van der Waals surface area contributed by atoms with Crippen molar-refractivity contribution in [3.8, 4) is 5.75 Å². The van der Waals surface area contributed by atoms with Crippen LogP contribution in [0.15, 0.2) is 40.9 Å². The van der Waals surface area contributed by atoms with Crippen LogP contribution in [-0.4, -0.2) is 7.11 Å². The Labute approximate surface area is 139 Å². The van der Waals surface area contributed by atoms with Crippen LogP contribution >= 0.6 is 55.1 Å². The van der Waals surface area contributed by atoms with E-state index in [2.05, 4.69) is 31.9 Å². The monoisotopic (exact) mass is 422 g/mol. The van der Waals surface area contributed by atoms with Gasteiger partial charge in [0.15, 0.2) is 0 Å². The molecule has 0 aromatic heterocycles. The van der Waals surface area contributed by atoms with Gasteiger partial charge in [-0.2, -0.15) is 0 Å². The number of methoxy groups -OCH3 is 1. The summed E-state index contributed by atoms with van der Waals surface area (Å²) in [6.45, 7) is 0. The molecule has 2 rings (SSSR count). The van der Waals surface area contributed by atoms with Crippen LogP contribution in [0, 0.1) is 0 Å². The second-order valence-electron chi connectivity index (χ2n) is 3.90. The summed E-state index contributed by atoms with van der Waals surface area (Å²) in [5.74, 6) is 0.792. The van der Waals surface area contributed by atoms with Gasteiger partial charge >= 0.3 is 0 Å². The maximum atomic E-state index is 6.24. The molecule has 2 aromatic carbocycles. The SMILES string of the molecule is COc1ccc(C(Br)c2cccc(Cl)c2Cl)cc1Br. The van der Waals surface area contributed by atoms with E-state index in [4.69, 9.17) is 27.9 Å². The molecule has 0 spiro atoms. The van der Waals surface area contributed by atoms with Crippen molar-refractivity contribution in [2.45, 2.75) is 4.83 Å². The summed E-state index contributed by atoms with van der Waals surface area (Å²) in [5.41, 5.74) is 2.00. The first-order valence-corrected chi connectivity index (χ1v) is 7.92. The van der Waals surface area contributed by atoms with E-state index in [9.17, 15) is 0 Å². The number of benzene rings is 2. The number of hydrogen-bond acceptors (Lipinski definition) is 1. The van der Waals surface area contributed by atoms with Gasteiger partial charge < -0.3 is 4.74 Å². The quantitative estimate of drug-likeness (QED) is 0.529. The third kappa shape index (κ3) is 3.27. The highest BCUT2D eigenvalue weighted by molar-refractivity contribution is 9.10. The van der Waals surface area contributed by atoms with E-state index in [1.165, 1.54) is 0 Å². The van der Waals surface area contributed by atoms with Gasteiger partial charge in [0.1, 0.15) is 5.75 Å². The predicted octanol–water partition coefficient (Wildman–Crippen LogP) is 6.25. The Morgan fingerprint density at radius 2 is 1.89 bits per heavy atom. The molecule has 0 radical (unpaired) electrons. The zero-order valence-electron chi connectivity index (χ0n) is 9.96. The standard InChI is InChI=1S/C14H10Br2Cl2O/c1-19-12-6-5-8(7-10(12)15)13(16)9-3-2-4-11(17)14(9)18/h2-7,13H,1H3. The molecule has 0 heterocycles. The lowest BCUT2D eigenvalue weighted by molar-refractivity contribution is 0.412. The zero-order valence-corrected chi connectivity index (χ0v) is 14.6. The lowest BCUT2D eigenvalue weighted by Crippen LogP contribution is -1.95. The smallest absolute Gasteiger partial charge is 0.133 e. The lowest BCUT2D eigenvalue weighted by Gasteiger charge is -2.14. The van der Waals surface area contributed by atoms with E-state index in [-0.39, 0.29) is 4.83 Å². The summed E-state index contributed by atoms with van der Waals surface area (Å²) >= 11 is 19.4. The average molecular weight is 425 g/mol. The molecule has 0 amide bonds. The van der Waals surface area contributed by atoms with Crippen molar-refractivity contribution >= 4 is 55.1 Å². The first-order chi connectivity index (χ1) is 9.04. The van der Waals surface area contributed by atoms with Crippen LogP contribution in [0.4, 0.5) is 0 Å². The molecule has 0 bridgehead atoms. The molecule has 1 unspecified atom stereocenters. The minimum Gasteiger partial charge on any atom is -0.496 e. The van der Waals surface area contributed by atoms with E-state index in [0.717, 1.165) is 21.3 Å². The molecule has 0 aliphatic carbocycles. The molecule has 0 saturated carbocycles.